The van der Waals surface area contributed by atoms with Crippen LogP contribution in [0.3, 0.4) is 0 Å². The minimum Gasteiger partial charge on any atom is -0.496 e. The van der Waals surface area contributed by atoms with Crippen molar-refractivity contribution in [3.05, 3.63) is 28.2 Å². The summed E-state index contributed by atoms with van der Waals surface area (Å²) in [6, 6.07) is 5.84. The number of thioether (sulfide) groups is 1. The smallest absolute Gasteiger partial charge is 0.410 e. The van der Waals surface area contributed by atoms with Gasteiger partial charge in [0.1, 0.15) is 24.3 Å². The molecule has 0 N–H and O–H groups in total. The summed E-state index contributed by atoms with van der Waals surface area (Å²) in [5.41, 5.74) is 1.04. The lowest BCUT2D eigenvalue weighted by Gasteiger charge is -2.26. The quantitative estimate of drug-likeness (QED) is 0.776. The summed E-state index contributed by atoms with van der Waals surface area (Å²) in [4.78, 5) is 27.3. The van der Waals surface area contributed by atoms with Crippen LogP contribution in [0.4, 0.5) is 4.79 Å². The molecule has 1 aromatic carbocycles. The monoisotopic (exact) mass is 400 g/mol. The molecule has 0 saturated carbocycles. The number of carbonyl (C=O) groups excluding carboxylic acids is 2. The summed E-state index contributed by atoms with van der Waals surface area (Å²) in [5, 5.41) is -0.0386. The Labute approximate surface area is 147 Å². The van der Waals surface area contributed by atoms with Crippen LogP contribution in [-0.2, 0) is 9.53 Å². The molecule has 124 valence electrons. The zero-order valence-electron chi connectivity index (χ0n) is 12.7. The molecule has 6 nitrogen and oxygen atoms in total. The van der Waals surface area contributed by atoms with E-state index in [1.54, 1.807) is 18.9 Å². The van der Waals surface area contributed by atoms with Crippen LogP contribution in [0.15, 0.2) is 22.7 Å². The van der Waals surface area contributed by atoms with Gasteiger partial charge in [-0.3, -0.25) is 9.69 Å². The Balaban J connectivity index is 1.73. The van der Waals surface area contributed by atoms with E-state index in [4.69, 9.17) is 9.47 Å². The second-order valence-electron chi connectivity index (χ2n) is 5.24. The van der Waals surface area contributed by atoms with Crippen molar-refractivity contribution in [2.24, 2.45) is 0 Å². The van der Waals surface area contributed by atoms with Crippen LogP contribution in [-0.4, -0.2) is 60.9 Å². The normalized spacial score (nSPS) is 20.8. The molecular formula is C15H17BrN2O4S. The Morgan fingerprint density at radius 1 is 1.48 bits per heavy atom. The third-order valence-corrected chi connectivity index (χ3v) is 5.72. The number of halogens is 1. The average molecular weight is 401 g/mol. The number of rotatable bonds is 4. The summed E-state index contributed by atoms with van der Waals surface area (Å²) in [7, 11) is 1.62. The van der Waals surface area contributed by atoms with Crippen molar-refractivity contribution in [2.75, 3.05) is 39.1 Å². The van der Waals surface area contributed by atoms with Gasteiger partial charge in [-0.05, 0) is 33.6 Å². The molecule has 2 fully saturated rings. The number of cyclic esters (lactones) is 1. The van der Waals surface area contributed by atoms with Crippen LogP contribution in [0.2, 0.25) is 0 Å². The highest BCUT2D eigenvalue weighted by molar-refractivity contribution is 9.10. The molecule has 0 bridgehead atoms. The van der Waals surface area contributed by atoms with Crippen LogP contribution >= 0.6 is 27.7 Å². The van der Waals surface area contributed by atoms with Gasteiger partial charge in [0.2, 0.25) is 5.91 Å². The molecule has 23 heavy (non-hydrogen) atoms. The highest BCUT2D eigenvalue weighted by atomic mass is 79.9. The van der Waals surface area contributed by atoms with Gasteiger partial charge in [0.15, 0.2) is 0 Å². The number of methoxy groups -OCH3 is 1. The van der Waals surface area contributed by atoms with Crippen molar-refractivity contribution in [1.29, 1.82) is 0 Å². The number of benzene rings is 1. The number of ether oxygens (including phenoxy) is 2. The van der Waals surface area contributed by atoms with Gasteiger partial charge in [0, 0.05) is 12.3 Å². The highest BCUT2D eigenvalue weighted by Gasteiger charge is 2.33. The van der Waals surface area contributed by atoms with Crippen molar-refractivity contribution in [3.63, 3.8) is 0 Å². The summed E-state index contributed by atoms with van der Waals surface area (Å²) in [5.74, 6) is 1.59. The first-order chi connectivity index (χ1) is 11.1. The molecule has 0 aromatic heterocycles. The minimum atomic E-state index is -0.408. The van der Waals surface area contributed by atoms with E-state index in [-0.39, 0.29) is 17.8 Å². The number of carbonyl (C=O) groups is 2. The predicted molar refractivity (Wildman–Crippen MR) is 90.5 cm³/mol. The molecule has 3 rings (SSSR count). The van der Waals surface area contributed by atoms with Crippen molar-refractivity contribution < 1.29 is 19.1 Å². The fraction of sp³-hybridized carbons (Fsp3) is 0.467. The largest absolute Gasteiger partial charge is 0.496 e. The molecule has 1 unspecified atom stereocenters. The van der Waals surface area contributed by atoms with E-state index in [1.807, 2.05) is 23.1 Å². The van der Waals surface area contributed by atoms with Crippen molar-refractivity contribution in [2.45, 2.75) is 5.37 Å². The molecule has 8 heteroatoms. The van der Waals surface area contributed by atoms with Gasteiger partial charge < -0.3 is 14.4 Å². The lowest BCUT2D eigenvalue weighted by atomic mass is 10.2. The fourth-order valence-electron chi connectivity index (χ4n) is 2.66. The molecule has 0 aliphatic carbocycles. The maximum Gasteiger partial charge on any atom is 0.410 e. The highest BCUT2D eigenvalue weighted by Crippen LogP contribution is 2.40. The summed E-state index contributed by atoms with van der Waals surface area (Å²) < 4.78 is 11.0. The molecular weight excluding hydrogens is 384 g/mol. The lowest BCUT2D eigenvalue weighted by molar-refractivity contribution is -0.131. The molecule has 2 amide bonds. The first kappa shape index (κ1) is 16.4. The third kappa shape index (κ3) is 3.42. The minimum absolute atomic E-state index is 0.0386. The molecule has 2 saturated heterocycles. The van der Waals surface area contributed by atoms with Crippen LogP contribution in [0.25, 0.3) is 0 Å². The van der Waals surface area contributed by atoms with Crippen molar-refractivity contribution in [3.8, 4) is 5.75 Å². The second kappa shape index (κ2) is 7.00. The second-order valence-corrected chi connectivity index (χ2v) is 7.28. The molecule has 2 heterocycles. The van der Waals surface area contributed by atoms with Crippen LogP contribution in [0, 0.1) is 0 Å². The van der Waals surface area contributed by atoms with E-state index in [9.17, 15) is 9.59 Å². The van der Waals surface area contributed by atoms with Gasteiger partial charge in [-0.2, -0.15) is 0 Å². The SMILES string of the molecule is COc1ccc(C2SCCN2C(=O)CN2CCOC2=O)cc1Br. The summed E-state index contributed by atoms with van der Waals surface area (Å²) in [6.45, 7) is 1.59. The number of amides is 2. The van der Waals surface area contributed by atoms with Crippen molar-refractivity contribution >= 4 is 39.7 Å². The Kier molecular flexibility index (Phi) is 5.01. The van der Waals surface area contributed by atoms with E-state index >= 15 is 0 Å². The number of hydrogen-bond acceptors (Lipinski definition) is 5. The fourth-order valence-corrected chi connectivity index (χ4v) is 4.49. The van der Waals surface area contributed by atoms with Crippen molar-refractivity contribution in [1.82, 2.24) is 9.80 Å². The molecule has 1 aromatic rings. The molecule has 0 spiro atoms. The molecule has 1 atom stereocenters. The van der Waals surface area contributed by atoms with Gasteiger partial charge in [-0.15, -0.1) is 11.8 Å². The average Bonchev–Trinajstić information content (AvgIpc) is 3.17. The third-order valence-electron chi connectivity index (χ3n) is 3.84. The molecule has 2 aliphatic heterocycles. The first-order valence-electron chi connectivity index (χ1n) is 7.26. The van der Waals surface area contributed by atoms with Crippen LogP contribution in [0.5, 0.6) is 5.75 Å². The van der Waals surface area contributed by atoms with Gasteiger partial charge in [0.05, 0.1) is 18.1 Å². The Morgan fingerprint density at radius 3 is 2.96 bits per heavy atom. The zero-order valence-corrected chi connectivity index (χ0v) is 15.1. The van der Waals surface area contributed by atoms with Gasteiger partial charge in [-0.25, -0.2) is 4.79 Å². The molecule has 2 aliphatic rings. The van der Waals surface area contributed by atoms with E-state index < -0.39 is 6.09 Å². The predicted octanol–water partition coefficient (Wildman–Crippen LogP) is 2.48. The standard InChI is InChI=1S/C15H17BrN2O4S/c1-21-12-3-2-10(8-11(12)16)14-18(5-7-23-14)13(19)9-17-4-6-22-15(17)20/h2-3,8,14H,4-7,9H2,1H3. The molecule has 0 radical (unpaired) electrons. The maximum atomic E-state index is 12.6. The Bertz CT molecular complexity index is 627. The van der Waals surface area contributed by atoms with E-state index in [2.05, 4.69) is 15.9 Å². The maximum absolute atomic E-state index is 12.6. The Morgan fingerprint density at radius 2 is 2.30 bits per heavy atom. The summed E-state index contributed by atoms with van der Waals surface area (Å²) >= 11 is 5.20. The topological polar surface area (TPSA) is 59.1 Å². The van der Waals surface area contributed by atoms with Gasteiger partial charge in [-0.1, -0.05) is 6.07 Å². The van der Waals surface area contributed by atoms with Crippen LogP contribution in [0.1, 0.15) is 10.9 Å². The summed E-state index contributed by atoms with van der Waals surface area (Å²) in [6.07, 6.45) is -0.408. The Hall–Kier alpha value is -1.41. The van der Waals surface area contributed by atoms with Gasteiger partial charge in [0.25, 0.3) is 0 Å². The van der Waals surface area contributed by atoms with E-state index in [0.29, 0.717) is 19.7 Å². The zero-order chi connectivity index (χ0) is 16.4. The van der Waals surface area contributed by atoms with E-state index in [0.717, 1.165) is 21.5 Å². The van der Waals surface area contributed by atoms with E-state index in [1.165, 1.54) is 4.90 Å². The van der Waals surface area contributed by atoms with Crippen LogP contribution < -0.4 is 4.74 Å². The number of nitrogens with zero attached hydrogens (tertiary/aromatic N) is 2. The first-order valence-corrected chi connectivity index (χ1v) is 9.10. The van der Waals surface area contributed by atoms with Gasteiger partial charge >= 0.3 is 6.09 Å². The number of hydrogen-bond donors (Lipinski definition) is 0. The lowest BCUT2D eigenvalue weighted by Crippen LogP contribution is -2.40.